The number of methoxy groups -OCH3 is 1. The van der Waals surface area contributed by atoms with Crippen LogP contribution in [0.25, 0.3) is 0 Å². The molecule has 0 bridgehead atoms. The van der Waals surface area contributed by atoms with Crippen molar-refractivity contribution < 1.29 is 4.74 Å². The van der Waals surface area contributed by atoms with E-state index in [-0.39, 0.29) is 5.54 Å². The topological polar surface area (TPSA) is 24.5 Å². The number of ether oxygens (including phenoxy) is 1. The molecular formula is C17H36N2O. The highest BCUT2D eigenvalue weighted by atomic mass is 16.5. The van der Waals surface area contributed by atoms with E-state index < -0.39 is 0 Å². The summed E-state index contributed by atoms with van der Waals surface area (Å²) in [4.78, 5) is 2.72. The van der Waals surface area contributed by atoms with Crippen LogP contribution in [0.2, 0.25) is 0 Å². The Morgan fingerprint density at radius 1 is 1.20 bits per heavy atom. The van der Waals surface area contributed by atoms with Gasteiger partial charge in [-0.3, -0.25) is 4.90 Å². The fourth-order valence-corrected chi connectivity index (χ4v) is 3.24. The van der Waals surface area contributed by atoms with Crippen molar-refractivity contribution in [2.75, 3.05) is 26.8 Å². The van der Waals surface area contributed by atoms with Gasteiger partial charge in [0.1, 0.15) is 0 Å². The third kappa shape index (κ3) is 5.34. The molecule has 0 aromatic rings. The van der Waals surface area contributed by atoms with Crippen molar-refractivity contribution in [1.29, 1.82) is 0 Å². The summed E-state index contributed by atoms with van der Waals surface area (Å²) in [5, 5.41) is 3.68. The monoisotopic (exact) mass is 284 g/mol. The van der Waals surface area contributed by atoms with E-state index in [1.165, 1.54) is 25.7 Å². The molecule has 0 radical (unpaired) electrons. The molecule has 0 heterocycles. The molecule has 1 aliphatic carbocycles. The van der Waals surface area contributed by atoms with Crippen LogP contribution in [0.5, 0.6) is 0 Å². The van der Waals surface area contributed by atoms with Crippen LogP contribution in [0.4, 0.5) is 0 Å². The van der Waals surface area contributed by atoms with Gasteiger partial charge in [-0.2, -0.15) is 0 Å². The summed E-state index contributed by atoms with van der Waals surface area (Å²) in [6, 6.07) is 1.47. The van der Waals surface area contributed by atoms with Crippen LogP contribution in [0.3, 0.4) is 0 Å². The first-order chi connectivity index (χ1) is 9.42. The van der Waals surface area contributed by atoms with Gasteiger partial charge < -0.3 is 10.1 Å². The molecule has 0 aliphatic heterocycles. The molecule has 120 valence electrons. The van der Waals surface area contributed by atoms with Gasteiger partial charge in [0.15, 0.2) is 0 Å². The van der Waals surface area contributed by atoms with Crippen molar-refractivity contribution in [1.82, 2.24) is 10.2 Å². The number of nitrogens with zero attached hydrogens (tertiary/aromatic N) is 1. The molecule has 2 unspecified atom stereocenters. The molecule has 0 saturated heterocycles. The van der Waals surface area contributed by atoms with E-state index in [1.807, 2.05) is 7.11 Å². The Bertz CT molecular complexity index is 258. The molecule has 1 fully saturated rings. The predicted molar refractivity (Wildman–Crippen MR) is 87.2 cm³/mol. The second-order valence-electron chi connectivity index (χ2n) is 7.24. The van der Waals surface area contributed by atoms with E-state index >= 15 is 0 Å². The Balaban J connectivity index is 2.56. The van der Waals surface area contributed by atoms with Crippen LogP contribution < -0.4 is 5.32 Å². The normalized spacial score (nSPS) is 23.4. The van der Waals surface area contributed by atoms with Gasteiger partial charge in [0.2, 0.25) is 0 Å². The number of hydrogen-bond acceptors (Lipinski definition) is 3. The number of nitrogens with one attached hydrogen (secondary N) is 1. The van der Waals surface area contributed by atoms with Crippen molar-refractivity contribution in [3.05, 3.63) is 0 Å². The molecule has 2 atom stereocenters. The molecule has 20 heavy (non-hydrogen) atoms. The van der Waals surface area contributed by atoms with Gasteiger partial charge in [-0.05, 0) is 58.9 Å². The van der Waals surface area contributed by atoms with E-state index in [4.69, 9.17) is 4.74 Å². The molecule has 1 aliphatic rings. The standard InChI is InChI=1S/C17H36N2O/c1-7-15(8-2)19(11-12-20-6)16-10-9-14(16)13-18-17(3,4)5/h14-16,18H,7-13H2,1-6H3. The molecule has 1 saturated carbocycles. The minimum Gasteiger partial charge on any atom is -0.383 e. The molecule has 3 heteroatoms. The second kappa shape index (κ2) is 8.35. The number of hydrogen-bond donors (Lipinski definition) is 1. The van der Waals surface area contributed by atoms with Gasteiger partial charge in [0.25, 0.3) is 0 Å². The Kier molecular flexibility index (Phi) is 7.49. The number of rotatable bonds is 9. The first-order valence-electron chi connectivity index (χ1n) is 8.42. The van der Waals surface area contributed by atoms with E-state index in [0.29, 0.717) is 6.04 Å². The van der Waals surface area contributed by atoms with Gasteiger partial charge in [-0.25, -0.2) is 0 Å². The lowest BCUT2D eigenvalue weighted by atomic mass is 9.77. The van der Waals surface area contributed by atoms with Crippen molar-refractivity contribution in [2.45, 2.75) is 77.9 Å². The SMILES string of the molecule is CCC(CC)N(CCOC)C1CCC1CNC(C)(C)C. The average Bonchev–Trinajstić information content (AvgIpc) is 2.34. The minimum absolute atomic E-state index is 0.229. The second-order valence-corrected chi connectivity index (χ2v) is 7.24. The Morgan fingerprint density at radius 3 is 2.25 bits per heavy atom. The van der Waals surface area contributed by atoms with Crippen molar-refractivity contribution >= 4 is 0 Å². The van der Waals surface area contributed by atoms with Gasteiger partial charge in [-0.15, -0.1) is 0 Å². The summed E-state index contributed by atoms with van der Waals surface area (Å²) in [7, 11) is 1.81. The lowest BCUT2D eigenvalue weighted by Crippen LogP contribution is -2.56. The predicted octanol–water partition coefficient (Wildman–Crippen LogP) is 3.29. The molecule has 1 rings (SSSR count). The maximum absolute atomic E-state index is 5.32. The maximum atomic E-state index is 5.32. The van der Waals surface area contributed by atoms with Gasteiger partial charge in [0.05, 0.1) is 6.61 Å². The molecule has 1 N–H and O–H groups in total. The highest BCUT2D eigenvalue weighted by Crippen LogP contribution is 2.34. The Hall–Kier alpha value is -0.120. The molecule has 0 spiro atoms. The highest BCUT2D eigenvalue weighted by molar-refractivity contribution is 4.93. The fraction of sp³-hybridized carbons (Fsp3) is 1.00. The van der Waals surface area contributed by atoms with Crippen molar-refractivity contribution in [3.63, 3.8) is 0 Å². The van der Waals surface area contributed by atoms with Gasteiger partial charge >= 0.3 is 0 Å². The van der Waals surface area contributed by atoms with E-state index in [2.05, 4.69) is 44.8 Å². The van der Waals surface area contributed by atoms with Crippen LogP contribution in [-0.4, -0.2) is 49.3 Å². The zero-order chi connectivity index (χ0) is 15.2. The summed E-state index contributed by atoms with van der Waals surface area (Å²) < 4.78 is 5.32. The van der Waals surface area contributed by atoms with Crippen LogP contribution in [0, 0.1) is 5.92 Å². The summed E-state index contributed by atoms with van der Waals surface area (Å²) in [6.07, 6.45) is 5.22. The van der Waals surface area contributed by atoms with E-state index in [9.17, 15) is 0 Å². The van der Waals surface area contributed by atoms with Crippen LogP contribution >= 0.6 is 0 Å². The van der Waals surface area contributed by atoms with Crippen LogP contribution in [0.1, 0.15) is 60.3 Å². The zero-order valence-corrected chi connectivity index (χ0v) is 14.5. The quantitative estimate of drug-likeness (QED) is 0.703. The molecule has 3 nitrogen and oxygen atoms in total. The average molecular weight is 284 g/mol. The molecule has 0 amide bonds. The largest absolute Gasteiger partial charge is 0.383 e. The molecular weight excluding hydrogens is 248 g/mol. The first kappa shape index (κ1) is 17.9. The fourth-order valence-electron chi connectivity index (χ4n) is 3.24. The minimum atomic E-state index is 0.229. The molecule has 0 aromatic carbocycles. The highest BCUT2D eigenvalue weighted by Gasteiger charge is 2.37. The summed E-state index contributed by atoms with van der Waals surface area (Å²) >= 11 is 0. The van der Waals surface area contributed by atoms with Crippen molar-refractivity contribution in [3.8, 4) is 0 Å². The third-order valence-electron chi connectivity index (χ3n) is 4.66. The van der Waals surface area contributed by atoms with Gasteiger partial charge in [0, 0.05) is 31.3 Å². The van der Waals surface area contributed by atoms with Gasteiger partial charge in [-0.1, -0.05) is 13.8 Å². The maximum Gasteiger partial charge on any atom is 0.0589 e. The summed E-state index contributed by atoms with van der Waals surface area (Å²) in [5.41, 5.74) is 0.229. The lowest BCUT2D eigenvalue weighted by molar-refractivity contribution is 0.00477. The van der Waals surface area contributed by atoms with E-state index in [0.717, 1.165) is 31.7 Å². The van der Waals surface area contributed by atoms with Crippen LogP contribution in [-0.2, 0) is 4.74 Å². The smallest absolute Gasteiger partial charge is 0.0589 e. The van der Waals surface area contributed by atoms with E-state index in [1.54, 1.807) is 0 Å². The Labute approximate surface area is 126 Å². The summed E-state index contributed by atoms with van der Waals surface area (Å²) in [5.74, 6) is 0.812. The lowest BCUT2D eigenvalue weighted by Gasteiger charge is -2.48. The summed E-state index contributed by atoms with van der Waals surface area (Å²) in [6.45, 7) is 14.5. The molecule has 0 aromatic heterocycles. The first-order valence-corrected chi connectivity index (χ1v) is 8.42. The third-order valence-corrected chi connectivity index (χ3v) is 4.66. The van der Waals surface area contributed by atoms with Crippen LogP contribution in [0.15, 0.2) is 0 Å². The zero-order valence-electron chi connectivity index (χ0n) is 14.5. The van der Waals surface area contributed by atoms with Crippen molar-refractivity contribution in [2.24, 2.45) is 5.92 Å². The Morgan fingerprint density at radius 2 is 1.85 bits per heavy atom.